The molecule has 0 aliphatic rings. The zero-order valence-corrected chi connectivity index (χ0v) is 7.95. The van der Waals surface area contributed by atoms with Gasteiger partial charge in [0.1, 0.15) is 0 Å². The third-order valence-electron chi connectivity index (χ3n) is 1.39. The molecule has 0 radical (unpaired) electrons. The van der Waals surface area contributed by atoms with E-state index in [-0.39, 0.29) is 0 Å². The van der Waals surface area contributed by atoms with Crippen LogP contribution in [0.3, 0.4) is 0 Å². The molecule has 0 fully saturated rings. The predicted molar refractivity (Wildman–Crippen MR) is 54.5 cm³/mol. The number of carboxylic acids is 1. The summed E-state index contributed by atoms with van der Waals surface area (Å²) in [5.74, 6) is -0.888. The summed E-state index contributed by atoms with van der Waals surface area (Å²) in [7, 11) is 0. The number of hydrogen-bond donors (Lipinski definition) is 1. The minimum Gasteiger partial charge on any atom is -0.478 e. The van der Waals surface area contributed by atoms with E-state index in [0.29, 0.717) is 5.57 Å². The zero-order chi connectivity index (χ0) is 10.3. The van der Waals surface area contributed by atoms with Crippen LogP contribution in [0.2, 0.25) is 0 Å². The van der Waals surface area contributed by atoms with Gasteiger partial charge in [-0.2, -0.15) is 0 Å². The van der Waals surface area contributed by atoms with Gasteiger partial charge in [0.2, 0.25) is 0 Å². The molecule has 0 amide bonds. The van der Waals surface area contributed by atoms with Crippen LogP contribution in [0, 0.1) is 0 Å². The molecular weight excluding hydrogens is 164 g/mol. The third kappa shape index (κ3) is 5.67. The Morgan fingerprint density at radius 1 is 1.31 bits per heavy atom. The molecule has 70 valence electrons. The first-order valence-corrected chi connectivity index (χ1v) is 3.95. The van der Waals surface area contributed by atoms with Gasteiger partial charge in [-0.25, -0.2) is 4.79 Å². The van der Waals surface area contributed by atoms with Gasteiger partial charge in [-0.3, -0.25) is 0 Å². The highest BCUT2D eigenvalue weighted by molar-refractivity contribution is 5.86. The quantitative estimate of drug-likeness (QED) is 0.531. The number of hydrogen-bond acceptors (Lipinski definition) is 1. The third-order valence-corrected chi connectivity index (χ3v) is 1.39. The molecule has 2 nitrogen and oxygen atoms in total. The van der Waals surface area contributed by atoms with Crippen molar-refractivity contribution in [1.29, 1.82) is 0 Å². The van der Waals surface area contributed by atoms with Crippen molar-refractivity contribution in [1.82, 2.24) is 0 Å². The summed E-state index contributed by atoms with van der Waals surface area (Å²) >= 11 is 0. The predicted octanol–water partition coefficient (Wildman–Crippen LogP) is 2.71. The van der Waals surface area contributed by atoms with Crippen molar-refractivity contribution in [3.8, 4) is 0 Å². The van der Waals surface area contributed by atoms with Gasteiger partial charge in [-0.15, -0.1) is 0 Å². The van der Waals surface area contributed by atoms with Gasteiger partial charge in [0.05, 0.1) is 0 Å². The summed E-state index contributed by atoms with van der Waals surface area (Å²) in [4.78, 5) is 10.4. The van der Waals surface area contributed by atoms with Gasteiger partial charge < -0.3 is 5.11 Å². The van der Waals surface area contributed by atoms with E-state index in [0.717, 1.165) is 5.57 Å². The fourth-order valence-electron chi connectivity index (χ4n) is 0.737. The summed E-state index contributed by atoms with van der Waals surface area (Å²) < 4.78 is 0. The highest BCUT2D eigenvalue weighted by Gasteiger charge is 1.97. The molecule has 0 spiro atoms. The van der Waals surface area contributed by atoms with Crippen LogP contribution in [0.5, 0.6) is 0 Å². The second kappa shape index (κ2) is 6.00. The molecule has 0 aromatic heterocycles. The molecule has 0 heterocycles. The fourth-order valence-corrected chi connectivity index (χ4v) is 0.737. The number of carbonyl (C=O) groups is 1. The normalized spacial score (nSPS) is 13.4. The Bertz CT molecular complexity index is 280. The SMILES string of the molecule is C=CC=CC=C(C)C=C(C)C(=O)O. The van der Waals surface area contributed by atoms with Crippen LogP contribution in [-0.2, 0) is 4.79 Å². The highest BCUT2D eigenvalue weighted by atomic mass is 16.4. The minimum absolute atomic E-state index is 0.334. The smallest absolute Gasteiger partial charge is 0.331 e. The zero-order valence-electron chi connectivity index (χ0n) is 7.95. The van der Waals surface area contributed by atoms with E-state index in [1.165, 1.54) is 0 Å². The molecule has 0 rings (SSSR count). The largest absolute Gasteiger partial charge is 0.478 e. The first-order chi connectivity index (χ1) is 6.07. The Morgan fingerprint density at radius 2 is 1.92 bits per heavy atom. The van der Waals surface area contributed by atoms with Crippen molar-refractivity contribution in [2.45, 2.75) is 13.8 Å². The maximum atomic E-state index is 10.4. The Hall–Kier alpha value is -1.57. The standard InChI is InChI=1S/C11H14O2/c1-4-5-6-7-9(2)8-10(3)11(12)13/h4-8H,1H2,2-3H3,(H,12,13). The van der Waals surface area contributed by atoms with Crippen LogP contribution in [-0.4, -0.2) is 11.1 Å². The maximum Gasteiger partial charge on any atom is 0.331 e. The van der Waals surface area contributed by atoms with Gasteiger partial charge >= 0.3 is 5.97 Å². The summed E-state index contributed by atoms with van der Waals surface area (Å²) in [5, 5.41) is 8.57. The van der Waals surface area contributed by atoms with Crippen LogP contribution in [0.15, 0.2) is 48.1 Å². The lowest BCUT2D eigenvalue weighted by Crippen LogP contribution is -1.95. The van der Waals surface area contributed by atoms with Gasteiger partial charge in [0.25, 0.3) is 0 Å². The van der Waals surface area contributed by atoms with Crippen LogP contribution in [0.1, 0.15) is 13.8 Å². The highest BCUT2D eigenvalue weighted by Crippen LogP contribution is 2.01. The number of allylic oxidation sites excluding steroid dienone is 6. The minimum atomic E-state index is -0.888. The molecule has 0 atom stereocenters. The van der Waals surface area contributed by atoms with Crippen LogP contribution >= 0.6 is 0 Å². The lowest BCUT2D eigenvalue weighted by atomic mass is 10.2. The van der Waals surface area contributed by atoms with Gasteiger partial charge in [0, 0.05) is 5.57 Å². The van der Waals surface area contributed by atoms with Crippen molar-refractivity contribution < 1.29 is 9.90 Å². The fraction of sp³-hybridized carbons (Fsp3) is 0.182. The van der Waals surface area contributed by atoms with Gasteiger partial charge in [-0.1, -0.05) is 36.5 Å². The van der Waals surface area contributed by atoms with Crippen LogP contribution < -0.4 is 0 Å². The van der Waals surface area contributed by atoms with Crippen LogP contribution in [0.25, 0.3) is 0 Å². The summed E-state index contributed by atoms with van der Waals surface area (Å²) in [6.07, 6.45) is 8.71. The molecule has 0 aliphatic carbocycles. The van der Waals surface area contributed by atoms with Crippen molar-refractivity contribution in [2.75, 3.05) is 0 Å². The van der Waals surface area contributed by atoms with E-state index in [9.17, 15) is 4.79 Å². The summed E-state index contributed by atoms with van der Waals surface area (Å²) in [6, 6.07) is 0. The molecule has 0 aromatic rings. The van der Waals surface area contributed by atoms with E-state index < -0.39 is 5.97 Å². The average molecular weight is 178 g/mol. The molecule has 0 saturated carbocycles. The lowest BCUT2D eigenvalue weighted by molar-refractivity contribution is -0.132. The second-order valence-electron chi connectivity index (χ2n) is 2.66. The molecule has 0 unspecified atom stereocenters. The Labute approximate surface area is 78.6 Å². The van der Waals surface area contributed by atoms with Crippen molar-refractivity contribution >= 4 is 5.97 Å². The van der Waals surface area contributed by atoms with E-state index in [1.54, 1.807) is 25.2 Å². The number of rotatable bonds is 4. The monoisotopic (exact) mass is 178 g/mol. The molecule has 0 aromatic carbocycles. The summed E-state index contributed by atoms with van der Waals surface area (Å²) in [6.45, 7) is 6.93. The number of aliphatic carboxylic acids is 1. The van der Waals surface area contributed by atoms with E-state index >= 15 is 0 Å². The molecular formula is C11H14O2. The Morgan fingerprint density at radius 3 is 2.38 bits per heavy atom. The number of carboxylic acid groups (broad SMARTS) is 1. The Balaban J connectivity index is 4.44. The van der Waals surface area contributed by atoms with Gasteiger partial charge in [-0.05, 0) is 19.9 Å². The van der Waals surface area contributed by atoms with Crippen molar-refractivity contribution in [3.63, 3.8) is 0 Å². The summed E-state index contributed by atoms with van der Waals surface area (Å²) in [5.41, 5.74) is 1.23. The molecule has 1 N–H and O–H groups in total. The van der Waals surface area contributed by atoms with E-state index in [1.807, 2.05) is 19.1 Å². The first kappa shape index (κ1) is 11.4. The molecule has 0 bridgehead atoms. The molecule has 2 heteroatoms. The lowest BCUT2D eigenvalue weighted by Gasteiger charge is -1.92. The topological polar surface area (TPSA) is 37.3 Å². The van der Waals surface area contributed by atoms with Crippen LogP contribution in [0.4, 0.5) is 0 Å². The van der Waals surface area contributed by atoms with E-state index in [2.05, 4.69) is 6.58 Å². The average Bonchev–Trinajstić information content (AvgIpc) is 2.04. The van der Waals surface area contributed by atoms with Crippen molar-refractivity contribution in [2.24, 2.45) is 0 Å². The Kier molecular flexibility index (Phi) is 5.28. The van der Waals surface area contributed by atoms with Gasteiger partial charge in [0.15, 0.2) is 0 Å². The first-order valence-electron chi connectivity index (χ1n) is 3.95. The molecule has 0 aliphatic heterocycles. The maximum absolute atomic E-state index is 10.4. The van der Waals surface area contributed by atoms with Crippen molar-refractivity contribution in [3.05, 3.63) is 48.1 Å². The van der Waals surface area contributed by atoms with E-state index in [4.69, 9.17) is 5.11 Å². The molecule has 0 saturated heterocycles. The molecule has 13 heavy (non-hydrogen) atoms. The second-order valence-corrected chi connectivity index (χ2v) is 2.66.